The third kappa shape index (κ3) is 3.84. The zero-order valence-corrected chi connectivity index (χ0v) is 12.4. The fourth-order valence-electron chi connectivity index (χ4n) is 2.95. The highest BCUT2D eigenvalue weighted by atomic mass is 16.4. The number of carbonyl (C=O) groups is 1. The van der Waals surface area contributed by atoms with Gasteiger partial charge in [0.05, 0.1) is 5.57 Å². The summed E-state index contributed by atoms with van der Waals surface area (Å²) in [7, 11) is 2.16. The molecule has 0 aromatic carbocycles. The Labute approximate surface area is 120 Å². The normalized spacial score (nSPS) is 26.9. The molecule has 2 atom stereocenters. The summed E-state index contributed by atoms with van der Waals surface area (Å²) in [5.41, 5.74) is 1.58. The van der Waals surface area contributed by atoms with Crippen LogP contribution in [0.4, 0.5) is 0 Å². The summed E-state index contributed by atoms with van der Waals surface area (Å²) in [5, 5.41) is 15.8. The van der Waals surface area contributed by atoms with Gasteiger partial charge < -0.3 is 20.6 Å². The van der Waals surface area contributed by atoms with E-state index in [-0.39, 0.29) is 0 Å². The van der Waals surface area contributed by atoms with E-state index >= 15 is 0 Å². The largest absolute Gasteiger partial charge is 0.478 e. The molecule has 0 aromatic rings. The summed E-state index contributed by atoms with van der Waals surface area (Å²) in [6.07, 6.45) is 5.77. The molecular formula is C15H25N3O2. The molecule has 112 valence electrons. The number of carboxylic acids is 1. The van der Waals surface area contributed by atoms with Crippen molar-refractivity contribution >= 4 is 5.97 Å². The Morgan fingerprint density at radius 1 is 1.50 bits per heavy atom. The molecule has 20 heavy (non-hydrogen) atoms. The second-order valence-corrected chi connectivity index (χ2v) is 5.79. The zero-order valence-electron chi connectivity index (χ0n) is 12.4. The number of dihydropyridines is 1. The van der Waals surface area contributed by atoms with E-state index in [0.717, 1.165) is 38.2 Å². The Morgan fingerprint density at radius 2 is 2.30 bits per heavy atom. The van der Waals surface area contributed by atoms with Gasteiger partial charge in [0.25, 0.3) is 0 Å². The van der Waals surface area contributed by atoms with Crippen molar-refractivity contribution in [2.45, 2.75) is 25.8 Å². The molecule has 0 bridgehead atoms. The Bertz CT molecular complexity index is 417. The smallest absolute Gasteiger partial charge is 0.333 e. The van der Waals surface area contributed by atoms with Crippen molar-refractivity contribution in [3.63, 3.8) is 0 Å². The average Bonchev–Trinajstić information content (AvgIpc) is 2.77. The molecule has 0 aliphatic carbocycles. The summed E-state index contributed by atoms with van der Waals surface area (Å²) >= 11 is 0. The van der Waals surface area contributed by atoms with Gasteiger partial charge in [0.1, 0.15) is 0 Å². The molecule has 0 radical (unpaired) electrons. The SMILES string of the molecule is CCCNC1CN(C)CC1CC1=CC=C(C(=O)O)CN1. The summed E-state index contributed by atoms with van der Waals surface area (Å²) in [6.45, 7) is 5.86. The van der Waals surface area contributed by atoms with Crippen molar-refractivity contribution in [1.82, 2.24) is 15.5 Å². The zero-order chi connectivity index (χ0) is 14.5. The van der Waals surface area contributed by atoms with Gasteiger partial charge in [0, 0.05) is 31.4 Å². The number of hydrogen-bond donors (Lipinski definition) is 3. The fourth-order valence-corrected chi connectivity index (χ4v) is 2.95. The topological polar surface area (TPSA) is 64.6 Å². The van der Waals surface area contributed by atoms with Gasteiger partial charge in [-0.05, 0) is 44.5 Å². The Kier molecular flexibility index (Phi) is 5.20. The third-order valence-corrected chi connectivity index (χ3v) is 4.03. The molecule has 2 heterocycles. The highest BCUT2D eigenvalue weighted by Gasteiger charge is 2.31. The number of rotatable bonds is 6. The summed E-state index contributed by atoms with van der Waals surface area (Å²) in [6, 6.07) is 0.535. The Morgan fingerprint density at radius 3 is 2.90 bits per heavy atom. The van der Waals surface area contributed by atoms with Crippen molar-refractivity contribution in [3.8, 4) is 0 Å². The van der Waals surface area contributed by atoms with E-state index < -0.39 is 5.97 Å². The van der Waals surface area contributed by atoms with Crippen molar-refractivity contribution in [1.29, 1.82) is 0 Å². The van der Waals surface area contributed by atoms with Crippen LogP contribution in [-0.2, 0) is 4.79 Å². The van der Waals surface area contributed by atoms with Crippen molar-refractivity contribution < 1.29 is 9.90 Å². The first-order valence-corrected chi connectivity index (χ1v) is 7.39. The van der Waals surface area contributed by atoms with Crippen LogP contribution >= 0.6 is 0 Å². The lowest BCUT2D eigenvalue weighted by Gasteiger charge is -2.23. The van der Waals surface area contributed by atoms with Crippen LogP contribution in [0, 0.1) is 5.92 Å². The molecule has 5 nitrogen and oxygen atoms in total. The molecule has 5 heteroatoms. The summed E-state index contributed by atoms with van der Waals surface area (Å²) in [4.78, 5) is 13.2. The van der Waals surface area contributed by atoms with Gasteiger partial charge in [-0.25, -0.2) is 4.79 Å². The van der Waals surface area contributed by atoms with Crippen LogP contribution in [0.3, 0.4) is 0 Å². The van der Waals surface area contributed by atoms with E-state index in [2.05, 4.69) is 29.5 Å². The molecule has 3 N–H and O–H groups in total. The fraction of sp³-hybridized carbons (Fsp3) is 0.667. The van der Waals surface area contributed by atoms with Crippen molar-refractivity contribution in [2.75, 3.05) is 33.2 Å². The molecule has 0 saturated carbocycles. The first kappa shape index (κ1) is 15.1. The molecular weight excluding hydrogens is 254 g/mol. The number of nitrogens with one attached hydrogen (secondary N) is 2. The Hall–Kier alpha value is -1.33. The number of nitrogens with zero attached hydrogens (tertiary/aromatic N) is 1. The summed E-state index contributed by atoms with van der Waals surface area (Å²) < 4.78 is 0. The maximum atomic E-state index is 10.9. The molecule has 1 saturated heterocycles. The lowest BCUT2D eigenvalue weighted by Crippen LogP contribution is -2.37. The first-order chi connectivity index (χ1) is 9.60. The van der Waals surface area contributed by atoms with Crippen molar-refractivity contribution in [3.05, 3.63) is 23.4 Å². The van der Waals surface area contributed by atoms with E-state index in [9.17, 15) is 4.79 Å². The van der Waals surface area contributed by atoms with Crippen LogP contribution in [-0.4, -0.2) is 55.2 Å². The molecule has 0 aromatic heterocycles. The molecule has 2 aliphatic rings. The van der Waals surface area contributed by atoms with Crippen LogP contribution in [0.5, 0.6) is 0 Å². The molecule has 2 aliphatic heterocycles. The quantitative estimate of drug-likeness (QED) is 0.671. The maximum absolute atomic E-state index is 10.9. The number of likely N-dealkylation sites (tertiary alicyclic amines) is 1. The van der Waals surface area contributed by atoms with Gasteiger partial charge in [-0.3, -0.25) is 0 Å². The minimum atomic E-state index is -0.837. The van der Waals surface area contributed by atoms with E-state index in [1.165, 1.54) is 0 Å². The molecule has 0 spiro atoms. The van der Waals surface area contributed by atoms with Crippen LogP contribution < -0.4 is 10.6 Å². The van der Waals surface area contributed by atoms with Gasteiger partial charge in [-0.1, -0.05) is 6.92 Å². The monoisotopic (exact) mass is 279 g/mol. The van der Waals surface area contributed by atoms with Crippen LogP contribution in [0.15, 0.2) is 23.4 Å². The molecule has 0 amide bonds. The minimum absolute atomic E-state index is 0.427. The number of aliphatic carboxylic acids is 1. The highest BCUT2D eigenvalue weighted by molar-refractivity contribution is 5.87. The lowest BCUT2D eigenvalue weighted by atomic mass is 9.96. The number of allylic oxidation sites excluding steroid dienone is 3. The second-order valence-electron chi connectivity index (χ2n) is 5.79. The molecule has 2 rings (SSSR count). The van der Waals surface area contributed by atoms with Crippen LogP contribution in [0.25, 0.3) is 0 Å². The highest BCUT2D eigenvalue weighted by Crippen LogP contribution is 2.23. The summed E-state index contributed by atoms with van der Waals surface area (Å²) in [5.74, 6) is -0.249. The first-order valence-electron chi connectivity index (χ1n) is 7.39. The van der Waals surface area contributed by atoms with Crippen LogP contribution in [0.2, 0.25) is 0 Å². The predicted octanol–water partition coefficient (Wildman–Crippen LogP) is 0.804. The predicted molar refractivity (Wildman–Crippen MR) is 79.5 cm³/mol. The molecule has 1 fully saturated rings. The van der Waals surface area contributed by atoms with Gasteiger partial charge in [0.2, 0.25) is 0 Å². The third-order valence-electron chi connectivity index (χ3n) is 4.03. The number of likely N-dealkylation sites (N-methyl/N-ethyl adjacent to an activating group) is 1. The maximum Gasteiger partial charge on any atom is 0.333 e. The number of carboxylic acid groups (broad SMARTS) is 1. The van der Waals surface area contributed by atoms with E-state index in [1.807, 2.05) is 6.08 Å². The van der Waals surface area contributed by atoms with Crippen LogP contribution in [0.1, 0.15) is 19.8 Å². The number of hydrogen-bond acceptors (Lipinski definition) is 4. The van der Waals surface area contributed by atoms with Gasteiger partial charge in [0.15, 0.2) is 0 Å². The minimum Gasteiger partial charge on any atom is -0.478 e. The van der Waals surface area contributed by atoms with Gasteiger partial charge in [-0.15, -0.1) is 0 Å². The van der Waals surface area contributed by atoms with Crippen molar-refractivity contribution in [2.24, 2.45) is 5.92 Å². The van der Waals surface area contributed by atoms with E-state index in [1.54, 1.807) is 6.08 Å². The average molecular weight is 279 g/mol. The second kappa shape index (κ2) is 6.90. The Balaban J connectivity index is 1.93. The van der Waals surface area contributed by atoms with Gasteiger partial charge >= 0.3 is 5.97 Å². The van der Waals surface area contributed by atoms with Gasteiger partial charge in [-0.2, -0.15) is 0 Å². The van der Waals surface area contributed by atoms with E-state index in [0.29, 0.717) is 24.1 Å². The molecule has 2 unspecified atom stereocenters. The van der Waals surface area contributed by atoms with E-state index in [4.69, 9.17) is 5.11 Å². The lowest BCUT2D eigenvalue weighted by molar-refractivity contribution is -0.132. The standard InChI is InChI=1S/C15H25N3O2/c1-3-6-16-14-10-18(2)9-12(14)7-13-5-4-11(8-17-13)15(19)20/h4-5,12,14,16-17H,3,6-10H2,1-2H3,(H,19,20).